The second-order valence-corrected chi connectivity index (χ2v) is 8.33. The van der Waals surface area contributed by atoms with Gasteiger partial charge >= 0.3 is 0 Å². The van der Waals surface area contributed by atoms with Gasteiger partial charge in [-0.1, -0.05) is 24.3 Å². The van der Waals surface area contributed by atoms with E-state index in [0.29, 0.717) is 0 Å². The highest BCUT2D eigenvalue weighted by atomic mass is 32.2. The van der Waals surface area contributed by atoms with E-state index < -0.39 is 10.0 Å². The molecule has 7 heteroatoms. The zero-order valence-corrected chi connectivity index (χ0v) is 14.8. The zero-order chi connectivity index (χ0) is 17.6. The van der Waals surface area contributed by atoms with Crippen LogP contribution in [-0.2, 0) is 16.4 Å². The Balaban J connectivity index is 1.53. The Morgan fingerprint density at radius 3 is 2.68 bits per heavy atom. The summed E-state index contributed by atoms with van der Waals surface area (Å²) in [7, 11) is -1.96. The van der Waals surface area contributed by atoms with Gasteiger partial charge in [0, 0.05) is 13.1 Å². The van der Waals surface area contributed by atoms with Crippen LogP contribution in [0.25, 0.3) is 0 Å². The minimum Gasteiger partial charge on any atom is -0.438 e. The Labute approximate surface area is 146 Å². The smallest absolute Gasteiger partial charge is 0.289 e. The van der Waals surface area contributed by atoms with E-state index in [4.69, 9.17) is 4.42 Å². The first-order valence-electron chi connectivity index (χ1n) is 8.43. The molecule has 1 aromatic heterocycles. The van der Waals surface area contributed by atoms with E-state index in [1.54, 1.807) is 11.9 Å². The molecule has 1 aromatic carbocycles. The number of rotatable bonds is 5. The fourth-order valence-corrected chi connectivity index (χ4v) is 4.55. The molecule has 1 saturated carbocycles. The second kappa shape index (κ2) is 6.00. The van der Waals surface area contributed by atoms with Crippen molar-refractivity contribution in [2.24, 2.45) is 0 Å². The Morgan fingerprint density at radius 1 is 1.16 bits per heavy atom. The quantitative estimate of drug-likeness (QED) is 0.888. The van der Waals surface area contributed by atoms with Crippen molar-refractivity contribution >= 4 is 15.9 Å². The molecule has 0 saturated heterocycles. The SMILES string of the molecule is CN(C(=O)c1ccc(S(=O)(=O)NC2CC2)o1)[C@@H]1CCc2ccccc21. The number of hydrogen-bond donors (Lipinski definition) is 1. The molecule has 2 aromatic rings. The highest BCUT2D eigenvalue weighted by Gasteiger charge is 2.33. The predicted octanol–water partition coefficient (Wildman–Crippen LogP) is 2.48. The average molecular weight is 360 g/mol. The molecule has 2 aliphatic rings. The number of carbonyl (C=O) groups excluding carboxylic acids is 1. The number of furan rings is 1. The summed E-state index contributed by atoms with van der Waals surface area (Å²) >= 11 is 0. The fraction of sp³-hybridized carbons (Fsp3) is 0.389. The molecule has 2 aliphatic carbocycles. The molecule has 0 aliphatic heterocycles. The van der Waals surface area contributed by atoms with Crippen LogP contribution >= 0.6 is 0 Å². The van der Waals surface area contributed by atoms with Crippen LogP contribution in [0.1, 0.15) is 47.0 Å². The molecule has 0 radical (unpaired) electrons. The first-order valence-corrected chi connectivity index (χ1v) is 9.91. The number of carbonyl (C=O) groups is 1. The summed E-state index contributed by atoms with van der Waals surface area (Å²) in [6.07, 6.45) is 3.48. The molecule has 1 fully saturated rings. The van der Waals surface area contributed by atoms with Crippen LogP contribution < -0.4 is 4.72 Å². The summed E-state index contributed by atoms with van der Waals surface area (Å²) in [5.74, 6) is -0.266. The lowest BCUT2D eigenvalue weighted by atomic mass is 10.1. The molecule has 1 amide bonds. The van der Waals surface area contributed by atoms with E-state index in [-0.39, 0.29) is 28.8 Å². The Hall–Kier alpha value is -2.12. The molecule has 0 unspecified atom stereocenters. The summed E-state index contributed by atoms with van der Waals surface area (Å²) in [6, 6.07) is 10.8. The monoisotopic (exact) mass is 360 g/mol. The molecule has 1 heterocycles. The number of nitrogens with one attached hydrogen (secondary N) is 1. The van der Waals surface area contributed by atoms with E-state index in [9.17, 15) is 13.2 Å². The van der Waals surface area contributed by atoms with Crippen LogP contribution in [0.3, 0.4) is 0 Å². The molecular formula is C18H20N2O4S. The highest BCUT2D eigenvalue weighted by molar-refractivity contribution is 7.89. The molecule has 4 rings (SSSR count). The molecule has 25 heavy (non-hydrogen) atoms. The van der Waals surface area contributed by atoms with Gasteiger partial charge in [0.1, 0.15) is 0 Å². The van der Waals surface area contributed by atoms with Crippen LogP contribution in [0.5, 0.6) is 0 Å². The lowest BCUT2D eigenvalue weighted by Gasteiger charge is -2.24. The summed E-state index contributed by atoms with van der Waals surface area (Å²) in [5, 5.41) is -0.206. The van der Waals surface area contributed by atoms with Crippen LogP contribution in [0.2, 0.25) is 0 Å². The highest BCUT2D eigenvalue weighted by Crippen LogP contribution is 2.35. The van der Waals surface area contributed by atoms with Crippen LogP contribution in [0.4, 0.5) is 0 Å². The number of fused-ring (bicyclic) bond motifs is 1. The van der Waals surface area contributed by atoms with E-state index in [2.05, 4.69) is 10.8 Å². The van der Waals surface area contributed by atoms with Gasteiger partial charge in [-0.25, -0.2) is 13.1 Å². The van der Waals surface area contributed by atoms with Gasteiger partial charge in [-0.3, -0.25) is 4.79 Å². The van der Waals surface area contributed by atoms with Crippen molar-refractivity contribution in [1.29, 1.82) is 0 Å². The lowest BCUT2D eigenvalue weighted by molar-refractivity contribution is 0.0692. The summed E-state index contributed by atoms with van der Waals surface area (Å²) < 4.78 is 32.3. The summed E-state index contributed by atoms with van der Waals surface area (Å²) in [6.45, 7) is 0. The maximum atomic E-state index is 12.7. The molecule has 132 valence electrons. The topological polar surface area (TPSA) is 79.6 Å². The van der Waals surface area contributed by atoms with Crippen molar-refractivity contribution in [3.63, 3.8) is 0 Å². The number of aryl methyl sites for hydroxylation is 1. The van der Waals surface area contributed by atoms with E-state index >= 15 is 0 Å². The van der Waals surface area contributed by atoms with Gasteiger partial charge in [-0.05, 0) is 48.9 Å². The van der Waals surface area contributed by atoms with Crippen molar-refractivity contribution < 1.29 is 17.6 Å². The third kappa shape index (κ3) is 3.09. The van der Waals surface area contributed by atoms with Crippen molar-refractivity contribution in [2.75, 3.05) is 7.05 Å². The Bertz CT molecular complexity index is 915. The second-order valence-electron chi connectivity index (χ2n) is 6.68. The van der Waals surface area contributed by atoms with Crippen molar-refractivity contribution in [3.8, 4) is 0 Å². The normalized spacial score (nSPS) is 19.6. The molecule has 0 bridgehead atoms. The van der Waals surface area contributed by atoms with Crippen molar-refractivity contribution in [2.45, 2.75) is 42.9 Å². The molecule has 6 nitrogen and oxygen atoms in total. The third-order valence-electron chi connectivity index (χ3n) is 4.85. The number of amides is 1. The summed E-state index contributed by atoms with van der Waals surface area (Å²) in [5.41, 5.74) is 2.40. The number of hydrogen-bond acceptors (Lipinski definition) is 4. The predicted molar refractivity (Wildman–Crippen MR) is 91.6 cm³/mol. The van der Waals surface area contributed by atoms with Gasteiger partial charge in [-0.2, -0.15) is 0 Å². The van der Waals surface area contributed by atoms with Gasteiger partial charge in [0.2, 0.25) is 5.09 Å². The molecule has 1 atom stereocenters. The first-order chi connectivity index (χ1) is 12.0. The van der Waals surface area contributed by atoms with Gasteiger partial charge < -0.3 is 9.32 Å². The van der Waals surface area contributed by atoms with E-state index in [1.165, 1.54) is 17.7 Å². The zero-order valence-electron chi connectivity index (χ0n) is 13.9. The van der Waals surface area contributed by atoms with Crippen LogP contribution in [-0.4, -0.2) is 32.3 Å². The standard InChI is InChI=1S/C18H20N2O4S/c1-20(15-9-6-12-4-2-3-5-14(12)15)18(21)16-10-11-17(24-16)25(22,23)19-13-7-8-13/h2-5,10-11,13,15,19H,6-9H2,1H3/t15-/m1/s1. The van der Waals surface area contributed by atoms with Crippen LogP contribution in [0, 0.1) is 0 Å². The molecule has 1 N–H and O–H groups in total. The number of sulfonamides is 1. The van der Waals surface area contributed by atoms with E-state index in [1.807, 2.05) is 18.2 Å². The fourth-order valence-electron chi connectivity index (χ4n) is 3.31. The Morgan fingerprint density at radius 2 is 1.92 bits per heavy atom. The minimum absolute atomic E-state index is 0.00749. The first kappa shape index (κ1) is 16.4. The van der Waals surface area contributed by atoms with Crippen molar-refractivity contribution in [1.82, 2.24) is 9.62 Å². The minimum atomic E-state index is -3.69. The van der Waals surface area contributed by atoms with Gasteiger partial charge in [0.25, 0.3) is 15.9 Å². The van der Waals surface area contributed by atoms with Gasteiger partial charge in [0.15, 0.2) is 5.76 Å². The Kier molecular flexibility index (Phi) is 3.92. The van der Waals surface area contributed by atoms with Crippen LogP contribution in [0.15, 0.2) is 45.9 Å². The summed E-state index contributed by atoms with van der Waals surface area (Å²) in [4.78, 5) is 14.4. The maximum absolute atomic E-state index is 12.7. The third-order valence-corrected chi connectivity index (χ3v) is 6.24. The van der Waals surface area contributed by atoms with Gasteiger partial charge in [0.05, 0.1) is 6.04 Å². The number of benzene rings is 1. The van der Waals surface area contributed by atoms with E-state index in [0.717, 1.165) is 31.2 Å². The van der Waals surface area contributed by atoms with Gasteiger partial charge in [-0.15, -0.1) is 0 Å². The lowest BCUT2D eigenvalue weighted by Crippen LogP contribution is -2.30. The average Bonchev–Trinajstić information content (AvgIpc) is 3.12. The molecule has 0 spiro atoms. The largest absolute Gasteiger partial charge is 0.438 e. The van der Waals surface area contributed by atoms with Crippen molar-refractivity contribution in [3.05, 3.63) is 53.3 Å². The maximum Gasteiger partial charge on any atom is 0.289 e. The number of nitrogens with zero attached hydrogens (tertiary/aromatic N) is 1. The molecular weight excluding hydrogens is 340 g/mol.